The second-order valence-electron chi connectivity index (χ2n) is 8.14. The summed E-state index contributed by atoms with van der Waals surface area (Å²) >= 11 is 0. The summed E-state index contributed by atoms with van der Waals surface area (Å²) in [6, 6.07) is 8.54. The number of aromatic amines is 1. The van der Waals surface area contributed by atoms with Crippen LogP contribution < -0.4 is 10.0 Å². The van der Waals surface area contributed by atoms with E-state index in [4.69, 9.17) is 0 Å². The third kappa shape index (κ3) is 4.46. The number of benzene rings is 2. The van der Waals surface area contributed by atoms with Crippen LogP contribution >= 0.6 is 0 Å². The third-order valence-electron chi connectivity index (χ3n) is 5.31. The Morgan fingerprint density at radius 1 is 1.03 bits per heavy atom. The minimum atomic E-state index is -3.83. The van der Waals surface area contributed by atoms with Gasteiger partial charge in [0.1, 0.15) is 5.82 Å². The summed E-state index contributed by atoms with van der Waals surface area (Å²) < 4.78 is 28.9. The molecule has 1 heterocycles. The van der Waals surface area contributed by atoms with Gasteiger partial charge in [-0.1, -0.05) is 23.8 Å². The molecule has 162 valence electrons. The Balaban J connectivity index is 1.58. The number of hydrogen-bond acceptors (Lipinski definition) is 5. The third-order valence-corrected chi connectivity index (χ3v) is 6.98. The van der Waals surface area contributed by atoms with Gasteiger partial charge < -0.3 is 0 Å². The van der Waals surface area contributed by atoms with Crippen molar-refractivity contribution in [2.24, 2.45) is 0 Å². The molecule has 0 spiro atoms. The fourth-order valence-electron chi connectivity index (χ4n) is 3.70. The lowest BCUT2D eigenvalue weighted by Gasteiger charge is -2.16. The molecular weight excluding hydrogens is 414 g/mol. The molecule has 0 aliphatic heterocycles. The predicted octanol–water partition coefficient (Wildman–Crippen LogP) is 3.97. The number of aromatic nitrogens is 3. The van der Waals surface area contributed by atoms with E-state index in [1.807, 2.05) is 19.1 Å². The number of hydrogen-bond donors (Lipinski definition) is 3. The molecule has 1 aliphatic rings. The highest BCUT2D eigenvalue weighted by atomic mass is 32.2. The second-order valence-corrected chi connectivity index (χ2v) is 9.75. The van der Waals surface area contributed by atoms with Crippen LogP contribution in [0.2, 0.25) is 0 Å². The highest BCUT2D eigenvalue weighted by Crippen LogP contribution is 2.38. The molecule has 1 aromatic heterocycles. The number of nitrogens with one attached hydrogen (secondary N) is 3. The van der Waals surface area contributed by atoms with Crippen molar-refractivity contribution in [3.05, 3.63) is 64.0 Å². The minimum absolute atomic E-state index is 0.209. The van der Waals surface area contributed by atoms with E-state index in [1.54, 1.807) is 32.9 Å². The maximum atomic E-state index is 13.1. The quantitative estimate of drug-likeness (QED) is 0.537. The summed E-state index contributed by atoms with van der Waals surface area (Å²) in [6.07, 6.45) is 2.15. The van der Waals surface area contributed by atoms with E-state index in [9.17, 15) is 13.2 Å². The van der Waals surface area contributed by atoms with Crippen molar-refractivity contribution >= 4 is 27.6 Å². The van der Waals surface area contributed by atoms with E-state index in [0.717, 1.165) is 24.2 Å². The average molecular weight is 440 g/mol. The monoisotopic (exact) mass is 439 g/mol. The summed E-state index contributed by atoms with van der Waals surface area (Å²) in [5.41, 5.74) is 3.71. The topological polar surface area (TPSA) is 117 Å². The molecule has 8 nitrogen and oxygen atoms in total. The largest absolute Gasteiger partial charge is 0.289 e. The molecule has 0 bridgehead atoms. The molecule has 0 saturated heterocycles. The van der Waals surface area contributed by atoms with Gasteiger partial charge in [-0.15, -0.1) is 5.10 Å². The van der Waals surface area contributed by atoms with Crippen molar-refractivity contribution in [2.75, 3.05) is 10.0 Å². The molecule has 9 heteroatoms. The van der Waals surface area contributed by atoms with Crippen LogP contribution in [0.15, 0.2) is 35.2 Å². The maximum absolute atomic E-state index is 13.1. The Hall–Kier alpha value is -3.20. The molecule has 1 amide bonds. The van der Waals surface area contributed by atoms with Gasteiger partial charge in [0, 0.05) is 11.5 Å². The molecule has 3 aromatic rings. The van der Waals surface area contributed by atoms with Gasteiger partial charge in [0.05, 0.1) is 10.6 Å². The van der Waals surface area contributed by atoms with E-state index >= 15 is 0 Å². The van der Waals surface area contributed by atoms with Crippen LogP contribution in [0.5, 0.6) is 0 Å². The first-order valence-corrected chi connectivity index (χ1v) is 11.6. The standard InChI is InChI=1S/C22H25N5O3S/c1-12-9-14(3)19(15(4)10-12)31(29,30)27-18-11-17(6-5-13(18)2)21(28)24-22-23-20(25-26-22)16-7-8-16/h5-6,9-11,16,27H,7-8H2,1-4H3,(H2,23,24,25,26,28). The molecule has 1 saturated carbocycles. The molecule has 0 radical (unpaired) electrons. The fraction of sp³-hybridized carbons (Fsp3) is 0.318. The maximum Gasteiger partial charge on any atom is 0.262 e. The normalized spacial score (nSPS) is 13.8. The number of aryl methyl sites for hydroxylation is 4. The van der Waals surface area contributed by atoms with Crippen molar-refractivity contribution in [1.29, 1.82) is 0 Å². The Morgan fingerprint density at radius 2 is 1.71 bits per heavy atom. The highest BCUT2D eigenvalue weighted by molar-refractivity contribution is 7.92. The Bertz CT molecular complexity index is 1250. The van der Waals surface area contributed by atoms with E-state index in [1.165, 1.54) is 6.07 Å². The number of carbonyl (C=O) groups is 1. The number of rotatable bonds is 6. The zero-order valence-corrected chi connectivity index (χ0v) is 18.7. The van der Waals surface area contributed by atoms with Gasteiger partial charge in [0.2, 0.25) is 5.95 Å². The van der Waals surface area contributed by atoms with Crippen molar-refractivity contribution in [1.82, 2.24) is 15.2 Å². The molecular formula is C22H25N5O3S. The lowest BCUT2D eigenvalue weighted by molar-refractivity contribution is 0.102. The first-order chi connectivity index (χ1) is 14.6. The minimum Gasteiger partial charge on any atom is -0.289 e. The number of nitrogens with zero attached hydrogens (tertiary/aromatic N) is 2. The number of carbonyl (C=O) groups excluding carboxylic acids is 1. The molecule has 3 N–H and O–H groups in total. The van der Waals surface area contributed by atoms with Crippen LogP contribution in [-0.2, 0) is 10.0 Å². The zero-order valence-electron chi connectivity index (χ0n) is 17.9. The van der Waals surface area contributed by atoms with Crippen molar-refractivity contribution in [2.45, 2.75) is 51.3 Å². The zero-order chi connectivity index (χ0) is 22.3. The van der Waals surface area contributed by atoms with E-state index in [2.05, 4.69) is 25.2 Å². The van der Waals surface area contributed by atoms with Crippen molar-refractivity contribution < 1.29 is 13.2 Å². The number of sulfonamides is 1. The molecule has 1 aliphatic carbocycles. The second kappa shape index (κ2) is 7.81. The SMILES string of the molecule is Cc1cc(C)c(S(=O)(=O)Nc2cc(C(=O)Nc3n[nH]c(C4CC4)n3)ccc2C)c(C)c1. The fourth-order valence-corrected chi connectivity index (χ4v) is 5.28. The van der Waals surface area contributed by atoms with E-state index in [-0.39, 0.29) is 10.8 Å². The van der Waals surface area contributed by atoms with Crippen LogP contribution in [-0.4, -0.2) is 29.5 Å². The van der Waals surface area contributed by atoms with Gasteiger partial charge in [0.25, 0.3) is 15.9 Å². The van der Waals surface area contributed by atoms with Gasteiger partial charge in [-0.3, -0.25) is 19.9 Å². The Morgan fingerprint density at radius 3 is 2.35 bits per heavy atom. The van der Waals surface area contributed by atoms with Crippen LogP contribution in [0.4, 0.5) is 11.6 Å². The summed E-state index contributed by atoms with van der Waals surface area (Å²) in [7, 11) is -3.83. The highest BCUT2D eigenvalue weighted by Gasteiger charge is 2.27. The van der Waals surface area contributed by atoms with Gasteiger partial charge in [0.15, 0.2) is 0 Å². The van der Waals surface area contributed by atoms with E-state index in [0.29, 0.717) is 33.9 Å². The summed E-state index contributed by atoms with van der Waals surface area (Å²) in [5, 5.41) is 9.53. The molecule has 2 aromatic carbocycles. The van der Waals surface area contributed by atoms with Crippen molar-refractivity contribution in [3.63, 3.8) is 0 Å². The van der Waals surface area contributed by atoms with Gasteiger partial charge >= 0.3 is 0 Å². The van der Waals surface area contributed by atoms with Gasteiger partial charge in [-0.25, -0.2) is 8.42 Å². The summed E-state index contributed by atoms with van der Waals surface area (Å²) in [6.45, 7) is 7.26. The summed E-state index contributed by atoms with van der Waals surface area (Å²) in [5.74, 6) is 0.966. The smallest absolute Gasteiger partial charge is 0.262 e. The van der Waals surface area contributed by atoms with Crippen LogP contribution in [0.25, 0.3) is 0 Å². The molecule has 31 heavy (non-hydrogen) atoms. The van der Waals surface area contributed by atoms with Gasteiger partial charge in [-0.05, 0) is 69.4 Å². The van der Waals surface area contributed by atoms with Crippen LogP contribution in [0.3, 0.4) is 0 Å². The van der Waals surface area contributed by atoms with Crippen LogP contribution in [0, 0.1) is 27.7 Å². The summed E-state index contributed by atoms with van der Waals surface area (Å²) in [4.78, 5) is 17.2. The Kier molecular flexibility index (Phi) is 5.30. The molecule has 0 atom stereocenters. The van der Waals surface area contributed by atoms with Gasteiger partial charge in [-0.2, -0.15) is 4.98 Å². The molecule has 0 unspecified atom stereocenters. The first kappa shape index (κ1) is 21.0. The van der Waals surface area contributed by atoms with Crippen LogP contribution in [0.1, 0.15) is 57.2 Å². The van der Waals surface area contributed by atoms with Crippen molar-refractivity contribution in [3.8, 4) is 0 Å². The lowest BCUT2D eigenvalue weighted by atomic mass is 10.1. The lowest BCUT2D eigenvalue weighted by Crippen LogP contribution is -2.18. The number of H-pyrrole nitrogens is 1. The number of amides is 1. The predicted molar refractivity (Wildman–Crippen MR) is 119 cm³/mol. The Labute approximate surface area is 181 Å². The number of anilines is 2. The molecule has 1 fully saturated rings. The average Bonchev–Trinajstić information content (AvgIpc) is 3.41. The van der Waals surface area contributed by atoms with E-state index < -0.39 is 15.9 Å². The molecule has 4 rings (SSSR count). The first-order valence-electron chi connectivity index (χ1n) is 10.1.